The summed E-state index contributed by atoms with van der Waals surface area (Å²) in [4.78, 5) is 14.4. The van der Waals surface area contributed by atoms with Gasteiger partial charge in [-0.3, -0.25) is 4.79 Å². The van der Waals surface area contributed by atoms with Crippen LogP contribution in [0.3, 0.4) is 0 Å². The second kappa shape index (κ2) is 7.21. The summed E-state index contributed by atoms with van der Waals surface area (Å²) in [5, 5.41) is 1.41. The second-order valence-corrected chi connectivity index (χ2v) is 8.36. The minimum atomic E-state index is -0.327. The Hall–Kier alpha value is -2.82. The van der Waals surface area contributed by atoms with Crippen molar-refractivity contribution < 1.29 is 9.18 Å². The van der Waals surface area contributed by atoms with E-state index in [4.69, 9.17) is 11.6 Å². The van der Waals surface area contributed by atoms with Crippen LogP contribution in [0, 0.1) is 5.82 Å². The largest absolute Gasteiger partial charge is 0.342 e. The number of fused-ring (bicyclic) bond motifs is 2. The summed E-state index contributed by atoms with van der Waals surface area (Å²) in [6, 6.07) is 20.3. The number of thioether (sulfide) groups is 1. The summed E-state index contributed by atoms with van der Waals surface area (Å²) < 4.78 is 16.3. The number of rotatable bonds is 3. The molecule has 0 spiro atoms. The van der Waals surface area contributed by atoms with Crippen molar-refractivity contribution >= 4 is 46.1 Å². The molecular weight excluding hydrogens is 405 g/mol. The van der Waals surface area contributed by atoms with E-state index in [0.29, 0.717) is 22.0 Å². The fourth-order valence-electron chi connectivity index (χ4n) is 3.65. The van der Waals surface area contributed by atoms with Crippen LogP contribution in [0.25, 0.3) is 17.0 Å². The molecule has 0 saturated carbocycles. The maximum Gasteiger partial charge on any atom is 0.200 e. The Morgan fingerprint density at radius 1 is 1.00 bits per heavy atom. The number of hydrogen-bond donors (Lipinski definition) is 0. The number of para-hydroxylation sites is 1. The lowest BCUT2D eigenvalue weighted by atomic mass is 10.1. The molecule has 142 valence electrons. The normalized spacial score (nSPS) is 14.7. The molecule has 0 radical (unpaired) electrons. The van der Waals surface area contributed by atoms with Gasteiger partial charge in [-0.15, -0.1) is 0 Å². The Kier molecular flexibility index (Phi) is 4.53. The first-order valence-electron chi connectivity index (χ1n) is 9.16. The fourth-order valence-corrected chi connectivity index (χ4v) is 4.92. The van der Waals surface area contributed by atoms with Gasteiger partial charge in [-0.25, -0.2) is 4.39 Å². The molecule has 1 aliphatic heterocycles. The number of nitrogens with zero attached hydrogens (tertiary/aromatic N) is 1. The van der Waals surface area contributed by atoms with Gasteiger partial charge in [0.1, 0.15) is 5.82 Å². The maximum atomic E-state index is 14.3. The average molecular weight is 420 g/mol. The Labute approximate surface area is 176 Å². The van der Waals surface area contributed by atoms with Crippen molar-refractivity contribution in [3.05, 3.63) is 105 Å². The van der Waals surface area contributed by atoms with Gasteiger partial charge in [0, 0.05) is 43.7 Å². The van der Waals surface area contributed by atoms with Crippen molar-refractivity contribution in [1.82, 2.24) is 4.57 Å². The van der Waals surface area contributed by atoms with E-state index in [1.165, 1.54) is 17.8 Å². The van der Waals surface area contributed by atoms with Crippen LogP contribution >= 0.6 is 23.4 Å². The van der Waals surface area contributed by atoms with Crippen molar-refractivity contribution in [3.63, 3.8) is 0 Å². The highest BCUT2D eigenvalue weighted by Gasteiger charge is 2.25. The zero-order valence-electron chi connectivity index (χ0n) is 15.2. The van der Waals surface area contributed by atoms with E-state index in [1.54, 1.807) is 12.1 Å². The minimum Gasteiger partial charge on any atom is -0.342 e. The van der Waals surface area contributed by atoms with Crippen LogP contribution in [0.15, 0.2) is 82.7 Å². The highest BCUT2D eigenvalue weighted by atomic mass is 35.5. The molecule has 2 heterocycles. The van der Waals surface area contributed by atoms with E-state index in [2.05, 4.69) is 0 Å². The number of halogens is 2. The number of benzene rings is 3. The van der Waals surface area contributed by atoms with E-state index >= 15 is 0 Å². The van der Waals surface area contributed by atoms with E-state index in [0.717, 1.165) is 26.9 Å². The number of Topliss-reactive ketones (excluding diaryl/α,β-unsaturated/α-hetero) is 1. The first-order valence-corrected chi connectivity index (χ1v) is 10.4. The van der Waals surface area contributed by atoms with Gasteiger partial charge in [0.2, 0.25) is 5.78 Å². The molecule has 0 bridgehead atoms. The third kappa shape index (κ3) is 3.18. The van der Waals surface area contributed by atoms with Crippen LogP contribution < -0.4 is 0 Å². The topological polar surface area (TPSA) is 22.0 Å². The van der Waals surface area contributed by atoms with Crippen LogP contribution in [-0.2, 0) is 6.54 Å². The molecule has 1 aromatic heterocycles. The molecule has 0 saturated heterocycles. The molecule has 0 atom stereocenters. The summed E-state index contributed by atoms with van der Waals surface area (Å²) >= 11 is 7.72. The van der Waals surface area contributed by atoms with Crippen molar-refractivity contribution in [3.8, 4) is 0 Å². The second-order valence-electron chi connectivity index (χ2n) is 6.87. The number of carbonyl (C=O) groups is 1. The van der Waals surface area contributed by atoms with Gasteiger partial charge < -0.3 is 4.57 Å². The van der Waals surface area contributed by atoms with Crippen LogP contribution in [0.1, 0.15) is 21.5 Å². The van der Waals surface area contributed by atoms with Gasteiger partial charge >= 0.3 is 0 Å². The first kappa shape index (κ1) is 18.2. The highest BCUT2D eigenvalue weighted by Crippen LogP contribution is 2.41. The molecule has 4 aromatic rings. The van der Waals surface area contributed by atoms with Crippen LogP contribution in [0.4, 0.5) is 4.39 Å². The first-order chi connectivity index (χ1) is 14.1. The summed E-state index contributed by atoms with van der Waals surface area (Å²) in [5.41, 5.74) is 3.09. The summed E-state index contributed by atoms with van der Waals surface area (Å²) in [6.07, 6.45) is 3.88. The number of allylic oxidation sites excluding steroid dienone is 1. The van der Waals surface area contributed by atoms with Gasteiger partial charge in [0.05, 0.1) is 11.4 Å². The zero-order chi connectivity index (χ0) is 20.0. The van der Waals surface area contributed by atoms with Gasteiger partial charge in [-0.2, -0.15) is 0 Å². The highest BCUT2D eigenvalue weighted by molar-refractivity contribution is 8.04. The predicted molar refractivity (Wildman–Crippen MR) is 117 cm³/mol. The fraction of sp³-hybridized carbons (Fsp3) is 0.0417. The van der Waals surface area contributed by atoms with Crippen LogP contribution in [0.2, 0.25) is 5.02 Å². The third-order valence-electron chi connectivity index (χ3n) is 5.07. The maximum absolute atomic E-state index is 14.3. The summed E-state index contributed by atoms with van der Waals surface area (Å²) in [6.45, 7) is 0.316. The Bertz CT molecular complexity index is 1290. The van der Waals surface area contributed by atoms with Crippen molar-refractivity contribution in [2.75, 3.05) is 0 Å². The molecule has 0 N–H and O–H groups in total. The average Bonchev–Trinajstić information content (AvgIpc) is 3.23. The van der Waals surface area contributed by atoms with E-state index in [1.807, 2.05) is 65.4 Å². The van der Waals surface area contributed by atoms with E-state index in [9.17, 15) is 9.18 Å². The Morgan fingerprint density at radius 2 is 1.79 bits per heavy atom. The molecule has 0 aliphatic carbocycles. The van der Waals surface area contributed by atoms with Crippen molar-refractivity contribution in [2.24, 2.45) is 0 Å². The van der Waals surface area contributed by atoms with E-state index < -0.39 is 0 Å². The Balaban J connectivity index is 1.59. The quantitative estimate of drug-likeness (QED) is 0.340. The molecular formula is C24H15ClFNOS. The lowest BCUT2D eigenvalue weighted by Crippen LogP contribution is -2.01. The van der Waals surface area contributed by atoms with Gasteiger partial charge in [0.25, 0.3) is 0 Å². The monoisotopic (exact) mass is 419 g/mol. The van der Waals surface area contributed by atoms with Crippen molar-refractivity contribution in [1.29, 1.82) is 0 Å². The van der Waals surface area contributed by atoms with Crippen molar-refractivity contribution in [2.45, 2.75) is 11.4 Å². The van der Waals surface area contributed by atoms with Gasteiger partial charge in [-0.1, -0.05) is 59.8 Å². The SMILES string of the molecule is O=C1/C(=C/c2cn(Cc3c(F)cccc3Cl)c3ccccc23)Sc2ccccc21. The van der Waals surface area contributed by atoms with Gasteiger partial charge in [-0.05, 0) is 36.4 Å². The van der Waals surface area contributed by atoms with Crippen LogP contribution in [0.5, 0.6) is 0 Å². The number of hydrogen-bond acceptors (Lipinski definition) is 2. The van der Waals surface area contributed by atoms with E-state index in [-0.39, 0.29) is 11.6 Å². The molecule has 1 aliphatic rings. The zero-order valence-corrected chi connectivity index (χ0v) is 16.8. The predicted octanol–water partition coefficient (Wildman–Crippen LogP) is 6.81. The molecule has 5 rings (SSSR count). The Morgan fingerprint density at radius 3 is 2.62 bits per heavy atom. The van der Waals surface area contributed by atoms with Crippen LogP contribution in [-0.4, -0.2) is 10.4 Å². The molecule has 3 aromatic carbocycles. The number of ketones is 1. The van der Waals surface area contributed by atoms with Gasteiger partial charge in [0.15, 0.2) is 0 Å². The summed E-state index contributed by atoms with van der Waals surface area (Å²) in [7, 11) is 0. The molecule has 0 fully saturated rings. The number of carbonyl (C=O) groups excluding carboxylic acids is 1. The molecule has 0 unspecified atom stereocenters. The molecule has 0 amide bonds. The standard InChI is InChI=1S/C24H15ClFNOS/c25-19-8-5-9-20(26)18(19)14-27-13-15(16-6-1-3-10-21(16)27)12-23-24(28)17-7-2-4-11-22(17)29-23/h1-13H,14H2/b23-12-. The molecule has 5 heteroatoms. The number of aromatic nitrogens is 1. The molecule has 29 heavy (non-hydrogen) atoms. The third-order valence-corrected chi connectivity index (χ3v) is 6.52. The smallest absolute Gasteiger partial charge is 0.200 e. The lowest BCUT2D eigenvalue weighted by Gasteiger charge is -2.08. The minimum absolute atomic E-state index is 0.0413. The lowest BCUT2D eigenvalue weighted by molar-refractivity contribution is 0.104. The summed E-state index contributed by atoms with van der Waals surface area (Å²) in [5.74, 6) is -0.285. The molecule has 2 nitrogen and oxygen atoms in total.